The van der Waals surface area contributed by atoms with Crippen molar-refractivity contribution in [2.75, 3.05) is 21.3 Å². The van der Waals surface area contributed by atoms with Gasteiger partial charge in [-0.3, -0.25) is 4.79 Å². The Bertz CT molecular complexity index is 955. The minimum Gasteiger partial charge on any atom is -0.550 e. The predicted octanol–water partition coefficient (Wildman–Crippen LogP) is 1.92. The van der Waals surface area contributed by atoms with Gasteiger partial charge < -0.3 is 24.1 Å². The van der Waals surface area contributed by atoms with Crippen LogP contribution < -0.4 is 19.3 Å². The van der Waals surface area contributed by atoms with Crippen LogP contribution in [0.5, 0.6) is 17.2 Å². The second-order valence-electron chi connectivity index (χ2n) is 6.69. The number of rotatable bonds is 8. The first-order chi connectivity index (χ1) is 14.5. The Labute approximate surface area is 174 Å². The maximum absolute atomic E-state index is 12.8. The summed E-state index contributed by atoms with van der Waals surface area (Å²) in [6.07, 6.45) is -0.137. The second kappa shape index (κ2) is 9.30. The molecule has 0 N–H and O–H groups in total. The van der Waals surface area contributed by atoms with Crippen LogP contribution in [-0.2, 0) is 9.59 Å². The lowest BCUT2D eigenvalue weighted by Crippen LogP contribution is -2.30. The fourth-order valence-electron chi connectivity index (χ4n) is 3.44. The van der Waals surface area contributed by atoms with Crippen molar-refractivity contribution < 1.29 is 28.9 Å². The molecule has 1 heterocycles. The molecule has 0 radical (unpaired) electrons. The molecule has 0 aromatic heterocycles. The van der Waals surface area contributed by atoms with Crippen molar-refractivity contribution in [1.82, 2.24) is 5.01 Å². The number of carboxylic acids is 1. The zero-order chi connectivity index (χ0) is 21.7. The summed E-state index contributed by atoms with van der Waals surface area (Å²) in [7, 11) is 4.66. The number of methoxy groups -OCH3 is 3. The van der Waals surface area contributed by atoms with Gasteiger partial charge in [-0.05, 0) is 42.3 Å². The molecule has 8 nitrogen and oxygen atoms in total. The van der Waals surface area contributed by atoms with Gasteiger partial charge in [0.15, 0.2) is 11.5 Å². The van der Waals surface area contributed by atoms with Crippen LogP contribution >= 0.6 is 0 Å². The molecule has 1 atom stereocenters. The van der Waals surface area contributed by atoms with Gasteiger partial charge in [-0.25, -0.2) is 5.01 Å². The van der Waals surface area contributed by atoms with E-state index in [4.69, 9.17) is 14.2 Å². The van der Waals surface area contributed by atoms with Crippen LogP contribution in [0, 0.1) is 0 Å². The number of hydrogen-bond acceptors (Lipinski definition) is 7. The number of hydrogen-bond donors (Lipinski definition) is 0. The van der Waals surface area contributed by atoms with E-state index >= 15 is 0 Å². The number of benzene rings is 2. The minimum absolute atomic E-state index is 0.204. The highest BCUT2D eigenvalue weighted by Crippen LogP contribution is 2.42. The summed E-state index contributed by atoms with van der Waals surface area (Å²) >= 11 is 0. The Morgan fingerprint density at radius 1 is 1.03 bits per heavy atom. The number of ether oxygens (including phenoxy) is 3. The number of carbonyl (C=O) groups excluding carboxylic acids is 2. The monoisotopic (exact) mass is 411 g/mol. The molecular formula is C22H23N2O6-. The minimum atomic E-state index is -1.28. The van der Waals surface area contributed by atoms with Crippen LogP contribution in [0.4, 0.5) is 0 Å². The third kappa shape index (κ3) is 4.37. The van der Waals surface area contributed by atoms with E-state index in [1.165, 1.54) is 12.1 Å². The smallest absolute Gasteiger partial charge is 0.243 e. The van der Waals surface area contributed by atoms with Crippen LogP contribution in [0.2, 0.25) is 0 Å². The third-order valence-electron chi connectivity index (χ3n) is 4.92. The molecular weight excluding hydrogens is 388 g/mol. The lowest BCUT2D eigenvalue weighted by atomic mass is 9.97. The van der Waals surface area contributed by atoms with Gasteiger partial charge in [-0.1, -0.05) is 12.1 Å². The lowest BCUT2D eigenvalue weighted by Gasteiger charge is -2.24. The average molecular weight is 411 g/mol. The normalized spacial score (nSPS) is 15.5. The van der Waals surface area contributed by atoms with Gasteiger partial charge in [-0.2, -0.15) is 5.10 Å². The molecule has 0 fully saturated rings. The Morgan fingerprint density at radius 2 is 1.77 bits per heavy atom. The van der Waals surface area contributed by atoms with E-state index < -0.39 is 17.9 Å². The molecule has 0 unspecified atom stereocenters. The van der Waals surface area contributed by atoms with Crippen LogP contribution in [0.15, 0.2) is 47.6 Å². The lowest BCUT2D eigenvalue weighted by molar-refractivity contribution is -0.305. The highest BCUT2D eigenvalue weighted by Gasteiger charge is 2.35. The van der Waals surface area contributed by atoms with E-state index in [1.807, 2.05) is 36.4 Å². The van der Waals surface area contributed by atoms with Crippen molar-refractivity contribution in [3.8, 4) is 17.2 Å². The largest absolute Gasteiger partial charge is 0.550 e. The first-order valence-corrected chi connectivity index (χ1v) is 9.43. The number of carbonyl (C=O) groups is 2. The van der Waals surface area contributed by atoms with E-state index in [1.54, 1.807) is 20.3 Å². The Balaban J connectivity index is 1.98. The molecule has 1 aliphatic heterocycles. The van der Waals surface area contributed by atoms with Crippen molar-refractivity contribution in [3.63, 3.8) is 0 Å². The van der Waals surface area contributed by atoms with Crippen molar-refractivity contribution in [2.45, 2.75) is 25.3 Å². The molecule has 158 valence electrons. The van der Waals surface area contributed by atoms with Crippen LogP contribution in [0.3, 0.4) is 0 Å². The molecule has 2 aromatic carbocycles. The van der Waals surface area contributed by atoms with E-state index in [0.29, 0.717) is 29.4 Å². The Kier molecular flexibility index (Phi) is 6.56. The standard InChI is InChI=1S/C22H24N2O6/c1-28-15-9-7-14(8-10-15)17-13-18(24(23-17)20(25)11-12-21(26)27)16-5-4-6-19(29-2)22(16)30-3/h4-10,18H,11-13H2,1-3H3,(H,26,27)/p-1/t18-/m1/s1. The average Bonchev–Trinajstić information content (AvgIpc) is 3.22. The van der Waals surface area contributed by atoms with E-state index in [0.717, 1.165) is 11.1 Å². The summed E-state index contributed by atoms with van der Waals surface area (Å²) < 4.78 is 16.1. The SMILES string of the molecule is COc1ccc(C2=NN(C(=O)CCC(=O)[O-])[C@@H](c3cccc(OC)c3OC)C2)cc1. The summed E-state index contributed by atoms with van der Waals surface area (Å²) in [5, 5.41) is 16.7. The number of aliphatic carboxylic acids is 1. The maximum atomic E-state index is 12.8. The van der Waals surface area contributed by atoms with Gasteiger partial charge in [0, 0.05) is 24.4 Å². The molecule has 2 aromatic rings. The van der Waals surface area contributed by atoms with E-state index in [-0.39, 0.29) is 12.8 Å². The van der Waals surface area contributed by atoms with Crippen molar-refractivity contribution in [1.29, 1.82) is 0 Å². The number of carboxylic acid groups (broad SMARTS) is 1. The van der Waals surface area contributed by atoms with Gasteiger partial charge in [-0.15, -0.1) is 0 Å². The molecule has 3 rings (SSSR count). The molecule has 0 spiro atoms. The van der Waals surface area contributed by atoms with Crippen LogP contribution in [-0.4, -0.2) is 43.9 Å². The van der Waals surface area contributed by atoms with Gasteiger partial charge in [0.1, 0.15) is 5.75 Å². The quantitative estimate of drug-likeness (QED) is 0.658. The molecule has 0 aliphatic carbocycles. The fourth-order valence-corrected chi connectivity index (χ4v) is 3.44. The zero-order valence-electron chi connectivity index (χ0n) is 17.1. The molecule has 0 bridgehead atoms. The maximum Gasteiger partial charge on any atom is 0.243 e. The van der Waals surface area contributed by atoms with Crippen LogP contribution in [0.1, 0.15) is 36.4 Å². The Hall–Kier alpha value is -3.55. The van der Waals surface area contributed by atoms with Gasteiger partial charge in [0.05, 0.1) is 33.1 Å². The second-order valence-corrected chi connectivity index (χ2v) is 6.69. The highest BCUT2D eigenvalue weighted by atomic mass is 16.5. The van der Waals surface area contributed by atoms with Gasteiger partial charge in [0.25, 0.3) is 0 Å². The molecule has 8 heteroatoms. The number of amides is 1. The number of nitrogens with zero attached hydrogens (tertiary/aromatic N) is 2. The molecule has 30 heavy (non-hydrogen) atoms. The summed E-state index contributed by atoms with van der Waals surface area (Å²) in [6.45, 7) is 0. The van der Waals surface area contributed by atoms with Crippen LogP contribution in [0.25, 0.3) is 0 Å². The predicted molar refractivity (Wildman–Crippen MR) is 108 cm³/mol. The fraction of sp³-hybridized carbons (Fsp3) is 0.318. The summed E-state index contributed by atoms with van der Waals surface area (Å²) in [6, 6.07) is 12.3. The number of hydrazone groups is 1. The van der Waals surface area contributed by atoms with Crippen molar-refractivity contribution in [3.05, 3.63) is 53.6 Å². The topological polar surface area (TPSA) is 100 Å². The third-order valence-corrected chi connectivity index (χ3v) is 4.92. The summed E-state index contributed by atoms with van der Waals surface area (Å²) in [5.74, 6) is 0.0733. The molecule has 0 saturated carbocycles. The molecule has 0 saturated heterocycles. The highest BCUT2D eigenvalue weighted by molar-refractivity contribution is 6.03. The first kappa shape index (κ1) is 21.2. The van der Waals surface area contributed by atoms with Gasteiger partial charge in [0.2, 0.25) is 5.91 Å². The van der Waals surface area contributed by atoms with Crippen molar-refractivity contribution in [2.24, 2.45) is 5.10 Å². The van der Waals surface area contributed by atoms with E-state index in [2.05, 4.69) is 5.10 Å². The van der Waals surface area contributed by atoms with Crippen molar-refractivity contribution >= 4 is 17.6 Å². The van der Waals surface area contributed by atoms with Gasteiger partial charge >= 0.3 is 0 Å². The summed E-state index contributed by atoms with van der Waals surface area (Å²) in [4.78, 5) is 23.6. The summed E-state index contributed by atoms with van der Waals surface area (Å²) in [5.41, 5.74) is 2.28. The Morgan fingerprint density at radius 3 is 2.37 bits per heavy atom. The first-order valence-electron chi connectivity index (χ1n) is 9.43. The number of para-hydroxylation sites is 1. The molecule has 1 aliphatic rings. The van der Waals surface area contributed by atoms with E-state index in [9.17, 15) is 14.7 Å². The zero-order valence-corrected chi connectivity index (χ0v) is 17.1. The molecule has 1 amide bonds.